The molecule has 2 rings (SSSR count). The topological polar surface area (TPSA) is 50.4 Å². The number of carbonyl (C=O) groups is 1. The molecule has 0 aliphatic heterocycles. The van der Waals surface area contributed by atoms with Crippen LogP contribution < -0.4 is 15.4 Å². The first-order valence-corrected chi connectivity index (χ1v) is 7.33. The summed E-state index contributed by atoms with van der Waals surface area (Å²) in [5, 5.41) is 6.18. The van der Waals surface area contributed by atoms with Crippen LogP contribution in [0.2, 0.25) is 0 Å². The molecule has 0 aliphatic rings. The minimum absolute atomic E-state index is 0.0111. The van der Waals surface area contributed by atoms with E-state index in [0.717, 1.165) is 17.1 Å². The third kappa shape index (κ3) is 4.52. The normalized spacial score (nSPS) is 10.1. The van der Waals surface area contributed by atoms with Gasteiger partial charge in [-0.05, 0) is 55.3 Å². The Morgan fingerprint density at radius 3 is 2.50 bits per heavy atom. The van der Waals surface area contributed by atoms with Gasteiger partial charge in [-0.1, -0.05) is 12.1 Å². The minimum atomic E-state index is -0.0111. The molecule has 0 saturated carbocycles. The molecular formula is C18H22N2O2. The lowest BCUT2D eigenvalue weighted by Gasteiger charge is -2.11. The molecule has 4 nitrogen and oxygen atoms in total. The van der Waals surface area contributed by atoms with Crippen molar-refractivity contribution in [2.75, 3.05) is 24.3 Å². The fraction of sp³-hybridized carbons (Fsp3) is 0.278. The van der Waals surface area contributed by atoms with Gasteiger partial charge >= 0.3 is 0 Å². The maximum atomic E-state index is 11.9. The molecule has 22 heavy (non-hydrogen) atoms. The lowest BCUT2D eigenvalue weighted by Crippen LogP contribution is -2.16. The van der Waals surface area contributed by atoms with E-state index in [4.69, 9.17) is 4.74 Å². The van der Waals surface area contributed by atoms with Crippen LogP contribution in [-0.4, -0.2) is 19.6 Å². The van der Waals surface area contributed by atoms with Gasteiger partial charge in [0.25, 0.3) is 0 Å². The molecule has 0 fully saturated rings. The van der Waals surface area contributed by atoms with Crippen LogP contribution >= 0.6 is 0 Å². The van der Waals surface area contributed by atoms with Gasteiger partial charge in [0.1, 0.15) is 5.75 Å². The fourth-order valence-corrected chi connectivity index (χ4v) is 2.13. The van der Waals surface area contributed by atoms with Crippen molar-refractivity contribution < 1.29 is 9.53 Å². The smallest absolute Gasteiger partial charge is 0.226 e. The Bertz CT molecular complexity index is 636. The molecule has 116 valence electrons. The van der Waals surface area contributed by atoms with Gasteiger partial charge < -0.3 is 15.4 Å². The summed E-state index contributed by atoms with van der Waals surface area (Å²) < 4.78 is 5.09. The maximum absolute atomic E-state index is 11.9. The van der Waals surface area contributed by atoms with E-state index in [0.29, 0.717) is 13.0 Å². The van der Waals surface area contributed by atoms with Gasteiger partial charge in [0.2, 0.25) is 5.91 Å². The number of carbonyl (C=O) groups excluding carboxylic acids is 1. The second kappa shape index (κ2) is 7.50. The Hall–Kier alpha value is -2.49. The van der Waals surface area contributed by atoms with Crippen molar-refractivity contribution >= 4 is 17.3 Å². The second-order valence-corrected chi connectivity index (χ2v) is 5.27. The Kier molecular flexibility index (Phi) is 5.42. The van der Waals surface area contributed by atoms with Crippen LogP contribution in [0.5, 0.6) is 5.75 Å². The molecule has 0 heterocycles. The number of ether oxygens (including phenoxy) is 1. The van der Waals surface area contributed by atoms with Gasteiger partial charge in [-0.2, -0.15) is 0 Å². The van der Waals surface area contributed by atoms with Crippen molar-refractivity contribution in [3.8, 4) is 5.75 Å². The van der Waals surface area contributed by atoms with Crippen LogP contribution in [0, 0.1) is 13.8 Å². The summed E-state index contributed by atoms with van der Waals surface area (Å²) in [5.41, 5.74) is 4.24. The van der Waals surface area contributed by atoms with Gasteiger partial charge in [0.05, 0.1) is 7.11 Å². The average Bonchev–Trinajstić information content (AvgIpc) is 2.51. The summed E-state index contributed by atoms with van der Waals surface area (Å²) in [6.07, 6.45) is 0.416. The van der Waals surface area contributed by atoms with Gasteiger partial charge in [-0.3, -0.25) is 4.79 Å². The minimum Gasteiger partial charge on any atom is -0.497 e. The molecule has 0 unspecified atom stereocenters. The van der Waals surface area contributed by atoms with Crippen molar-refractivity contribution in [1.29, 1.82) is 0 Å². The average molecular weight is 298 g/mol. The Morgan fingerprint density at radius 2 is 1.82 bits per heavy atom. The van der Waals surface area contributed by atoms with Gasteiger partial charge in [-0.25, -0.2) is 0 Å². The number of methoxy groups -OCH3 is 1. The largest absolute Gasteiger partial charge is 0.497 e. The molecule has 4 heteroatoms. The number of aryl methyl sites for hydroxylation is 2. The third-order valence-electron chi connectivity index (χ3n) is 3.43. The first-order valence-electron chi connectivity index (χ1n) is 7.33. The van der Waals surface area contributed by atoms with E-state index < -0.39 is 0 Å². The van der Waals surface area contributed by atoms with Crippen molar-refractivity contribution in [3.63, 3.8) is 0 Å². The van der Waals surface area contributed by atoms with Crippen LogP contribution in [0.25, 0.3) is 0 Å². The fourth-order valence-electron chi connectivity index (χ4n) is 2.13. The monoisotopic (exact) mass is 298 g/mol. The highest BCUT2D eigenvalue weighted by Gasteiger charge is 2.04. The Balaban J connectivity index is 1.81. The Labute approximate surface area is 131 Å². The molecule has 0 saturated heterocycles. The Morgan fingerprint density at radius 1 is 1.09 bits per heavy atom. The molecule has 0 aliphatic carbocycles. The molecule has 0 bridgehead atoms. The standard InChI is InChI=1S/C18H22N2O2/c1-13-4-5-14(2)17(12-13)19-11-10-18(21)20-15-6-8-16(22-3)9-7-15/h4-9,12,19H,10-11H2,1-3H3,(H,20,21). The summed E-state index contributed by atoms with van der Waals surface area (Å²) in [5.74, 6) is 0.762. The van der Waals surface area contributed by atoms with E-state index in [9.17, 15) is 4.79 Å². The summed E-state index contributed by atoms with van der Waals surface area (Å²) >= 11 is 0. The molecule has 1 amide bonds. The number of hydrogen-bond donors (Lipinski definition) is 2. The van der Waals surface area contributed by atoms with Gasteiger partial charge in [0.15, 0.2) is 0 Å². The summed E-state index contributed by atoms with van der Waals surface area (Å²) in [4.78, 5) is 11.9. The zero-order chi connectivity index (χ0) is 15.9. The van der Waals surface area contributed by atoms with Crippen LogP contribution in [0.1, 0.15) is 17.5 Å². The van der Waals surface area contributed by atoms with Crippen molar-refractivity contribution in [3.05, 3.63) is 53.6 Å². The highest BCUT2D eigenvalue weighted by Crippen LogP contribution is 2.17. The predicted octanol–water partition coefficient (Wildman–Crippen LogP) is 3.75. The zero-order valence-electron chi connectivity index (χ0n) is 13.3. The predicted molar refractivity (Wildman–Crippen MR) is 90.6 cm³/mol. The summed E-state index contributed by atoms with van der Waals surface area (Å²) in [6, 6.07) is 13.6. The molecule has 0 atom stereocenters. The zero-order valence-corrected chi connectivity index (χ0v) is 13.3. The molecular weight excluding hydrogens is 276 g/mol. The van der Waals surface area contributed by atoms with E-state index in [1.165, 1.54) is 11.1 Å². The number of nitrogens with one attached hydrogen (secondary N) is 2. The lowest BCUT2D eigenvalue weighted by atomic mass is 10.1. The second-order valence-electron chi connectivity index (χ2n) is 5.27. The summed E-state index contributed by atoms with van der Waals surface area (Å²) in [7, 11) is 1.62. The van der Waals surface area contributed by atoms with Gasteiger partial charge in [-0.15, -0.1) is 0 Å². The van der Waals surface area contributed by atoms with Crippen molar-refractivity contribution in [2.24, 2.45) is 0 Å². The van der Waals surface area contributed by atoms with E-state index in [-0.39, 0.29) is 5.91 Å². The molecule has 0 spiro atoms. The van der Waals surface area contributed by atoms with Gasteiger partial charge in [0, 0.05) is 24.3 Å². The first kappa shape index (κ1) is 15.9. The molecule has 2 N–H and O–H groups in total. The first-order chi connectivity index (χ1) is 10.6. The maximum Gasteiger partial charge on any atom is 0.226 e. The number of hydrogen-bond acceptors (Lipinski definition) is 3. The van der Waals surface area contributed by atoms with Crippen molar-refractivity contribution in [1.82, 2.24) is 0 Å². The number of benzene rings is 2. The van der Waals surface area contributed by atoms with Crippen LogP contribution in [0.4, 0.5) is 11.4 Å². The molecule has 0 aromatic heterocycles. The number of anilines is 2. The van der Waals surface area contributed by atoms with E-state index in [2.05, 4.69) is 42.7 Å². The van der Waals surface area contributed by atoms with E-state index in [1.54, 1.807) is 7.11 Å². The highest BCUT2D eigenvalue weighted by atomic mass is 16.5. The molecule has 0 radical (unpaired) electrons. The molecule has 2 aromatic carbocycles. The van der Waals surface area contributed by atoms with Crippen molar-refractivity contribution in [2.45, 2.75) is 20.3 Å². The third-order valence-corrected chi connectivity index (χ3v) is 3.43. The summed E-state index contributed by atoms with van der Waals surface area (Å²) in [6.45, 7) is 4.71. The number of rotatable bonds is 6. The van der Waals surface area contributed by atoms with Crippen LogP contribution in [0.15, 0.2) is 42.5 Å². The van der Waals surface area contributed by atoms with Crippen LogP contribution in [-0.2, 0) is 4.79 Å². The molecule has 2 aromatic rings. The van der Waals surface area contributed by atoms with E-state index in [1.807, 2.05) is 24.3 Å². The number of amides is 1. The van der Waals surface area contributed by atoms with E-state index >= 15 is 0 Å². The quantitative estimate of drug-likeness (QED) is 0.854. The SMILES string of the molecule is COc1ccc(NC(=O)CCNc2cc(C)ccc2C)cc1. The highest BCUT2D eigenvalue weighted by molar-refractivity contribution is 5.91. The van der Waals surface area contributed by atoms with Crippen LogP contribution in [0.3, 0.4) is 0 Å². The lowest BCUT2D eigenvalue weighted by molar-refractivity contribution is -0.115.